The highest BCUT2D eigenvalue weighted by atomic mass is 32.2. The maximum atomic E-state index is 11.0. The molecule has 18 heavy (non-hydrogen) atoms. The van der Waals surface area contributed by atoms with Crippen LogP contribution in [0.2, 0.25) is 0 Å². The Hall–Kier alpha value is -0.990. The lowest BCUT2D eigenvalue weighted by molar-refractivity contribution is -0.144. The van der Waals surface area contributed by atoms with Gasteiger partial charge in [-0.2, -0.15) is 13.5 Å². The van der Waals surface area contributed by atoms with Gasteiger partial charge in [-0.3, -0.25) is 9.39 Å². The van der Waals surface area contributed by atoms with Crippen molar-refractivity contribution in [1.29, 1.82) is 0 Å². The Morgan fingerprint density at radius 3 is 2.78 bits per heavy atom. The molecule has 1 aromatic rings. The lowest BCUT2D eigenvalue weighted by Gasteiger charge is -2.14. The van der Waals surface area contributed by atoms with Crippen LogP contribution in [0.3, 0.4) is 0 Å². The van der Waals surface area contributed by atoms with Crippen molar-refractivity contribution in [2.75, 3.05) is 13.1 Å². The van der Waals surface area contributed by atoms with Gasteiger partial charge in [0, 0.05) is 13.1 Å². The summed E-state index contributed by atoms with van der Waals surface area (Å²) >= 11 is 0. The fourth-order valence-corrected chi connectivity index (χ4v) is 2.42. The van der Waals surface area contributed by atoms with Crippen LogP contribution in [0.25, 0.3) is 0 Å². The van der Waals surface area contributed by atoms with Crippen molar-refractivity contribution < 1.29 is 23.3 Å². The minimum Gasteiger partial charge on any atom is -0.412 e. The largest absolute Gasteiger partial charge is 0.412 e. The average Bonchev–Trinajstić information content (AvgIpc) is 2.76. The van der Waals surface area contributed by atoms with Crippen LogP contribution in [0.5, 0.6) is 0 Å². The van der Waals surface area contributed by atoms with Gasteiger partial charge in [0.05, 0.1) is 4.90 Å². The normalized spacial score (nSPS) is 20.7. The molecule has 0 aromatic heterocycles. The minimum absolute atomic E-state index is 0. The summed E-state index contributed by atoms with van der Waals surface area (Å²) in [5, 5.41) is 1.84. The Balaban J connectivity index is 0.00000162. The van der Waals surface area contributed by atoms with Crippen LogP contribution in [0.4, 0.5) is 0 Å². The van der Waals surface area contributed by atoms with Crippen molar-refractivity contribution in [2.24, 2.45) is 0 Å². The van der Waals surface area contributed by atoms with E-state index in [9.17, 15) is 8.42 Å². The van der Waals surface area contributed by atoms with Crippen molar-refractivity contribution in [3.8, 4) is 0 Å². The van der Waals surface area contributed by atoms with Gasteiger partial charge >= 0.3 is 0 Å². The van der Waals surface area contributed by atoms with Crippen molar-refractivity contribution >= 4 is 10.1 Å². The first-order valence-corrected chi connectivity index (χ1v) is 6.94. The van der Waals surface area contributed by atoms with Crippen LogP contribution in [-0.2, 0) is 15.0 Å². The molecule has 1 fully saturated rings. The van der Waals surface area contributed by atoms with Crippen LogP contribution in [-0.4, -0.2) is 36.6 Å². The van der Waals surface area contributed by atoms with Gasteiger partial charge in [-0.25, -0.2) is 0 Å². The molecule has 7 heteroatoms. The maximum absolute atomic E-state index is 11.0. The van der Waals surface area contributed by atoms with Crippen LogP contribution < -0.4 is 0 Å². The third kappa shape index (κ3) is 3.27. The molecule has 1 heterocycles. The predicted molar refractivity (Wildman–Crippen MR) is 65.6 cm³/mol. The van der Waals surface area contributed by atoms with E-state index in [-0.39, 0.29) is 16.5 Å². The molecule has 3 N–H and O–H groups in total. The monoisotopic (exact) mass is 275 g/mol. The van der Waals surface area contributed by atoms with E-state index in [2.05, 4.69) is 0 Å². The zero-order valence-corrected chi connectivity index (χ0v) is 10.9. The number of hydrogen-bond acceptors (Lipinski definition) is 4. The summed E-state index contributed by atoms with van der Waals surface area (Å²) in [6.07, 6.45) is 0.694. The van der Waals surface area contributed by atoms with Gasteiger partial charge in [-0.05, 0) is 24.1 Å². The molecule has 1 aromatic carbocycles. The first-order valence-electron chi connectivity index (χ1n) is 5.50. The summed E-state index contributed by atoms with van der Waals surface area (Å²) < 4.78 is 31.0. The Bertz CT molecular complexity index is 502. The number of rotatable bonds is 3. The van der Waals surface area contributed by atoms with Crippen molar-refractivity contribution in [3.05, 3.63) is 29.8 Å². The van der Waals surface area contributed by atoms with Gasteiger partial charge in [-0.1, -0.05) is 19.1 Å². The second kappa shape index (κ2) is 5.77. The molecule has 1 unspecified atom stereocenters. The van der Waals surface area contributed by atoms with Crippen LogP contribution >= 0.6 is 0 Å². The molecule has 1 aliphatic rings. The summed E-state index contributed by atoms with van der Waals surface area (Å²) in [5.41, 5.74) is 0.774. The van der Waals surface area contributed by atoms with E-state index in [0.717, 1.165) is 25.1 Å². The van der Waals surface area contributed by atoms with Gasteiger partial charge < -0.3 is 5.48 Å². The van der Waals surface area contributed by atoms with Crippen LogP contribution in [0.15, 0.2) is 29.2 Å². The summed E-state index contributed by atoms with van der Waals surface area (Å²) in [5.74, 6) is 0. The minimum atomic E-state index is -4.14. The van der Waals surface area contributed by atoms with E-state index >= 15 is 0 Å². The van der Waals surface area contributed by atoms with Crippen molar-refractivity contribution in [1.82, 2.24) is 5.06 Å². The Morgan fingerprint density at radius 1 is 1.50 bits per heavy atom. The van der Waals surface area contributed by atoms with E-state index in [1.807, 2.05) is 12.0 Å². The highest BCUT2D eigenvalue weighted by Gasteiger charge is 2.24. The topological polar surface area (TPSA) is 98.3 Å². The van der Waals surface area contributed by atoms with Gasteiger partial charge in [-0.15, -0.1) is 0 Å². The second-order valence-corrected chi connectivity index (χ2v) is 5.37. The molecule has 2 rings (SSSR count). The summed E-state index contributed by atoms with van der Waals surface area (Å²) in [6, 6.07) is 6.24. The molecular formula is C11H17NO5S. The fourth-order valence-electron chi connectivity index (χ4n) is 1.88. The smallest absolute Gasteiger partial charge is 0.294 e. The summed E-state index contributed by atoms with van der Waals surface area (Å²) in [7, 11) is -4.14. The number of hydrogen-bond donors (Lipinski definition) is 1. The number of hydroxylamine groups is 2. The SMILES string of the molecule is CCN1CCC(c2cccc(S(=O)(=O)O)c2)O1.O. The summed E-state index contributed by atoms with van der Waals surface area (Å²) in [6.45, 7) is 3.63. The molecule has 1 aliphatic heterocycles. The molecule has 0 bridgehead atoms. The Labute approximate surface area is 106 Å². The average molecular weight is 275 g/mol. The van der Waals surface area contributed by atoms with E-state index in [1.54, 1.807) is 12.1 Å². The van der Waals surface area contributed by atoms with Gasteiger partial charge in [0.15, 0.2) is 0 Å². The number of benzene rings is 1. The fraction of sp³-hybridized carbons (Fsp3) is 0.455. The third-order valence-corrected chi connectivity index (χ3v) is 3.65. The van der Waals surface area contributed by atoms with E-state index in [1.165, 1.54) is 12.1 Å². The van der Waals surface area contributed by atoms with Gasteiger partial charge in [0.2, 0.25) is 0 Å². The van der Waals surface area contributed by atoms with Crippen LogP contribution in [0.1, 0.15) is 25.0 Å². The molecule has 1 saturated heterocycles. The highest BCUT2D eigenvalue weighted by Crippen LogP contribution is 2.29. The highest BCUT2D eigenvalue weighted by molar-refractivity contribution is 7.85. The first kappa shape index (κ1) is 15.1. The quantitative estimate of drug-likeness (QED) is 0.823. The Kier molecular flexibility index (Phi) is 4.83. The lowest BCUT2D eigenvalue weighted by Crippen LogP contribution is -2.16. The zero-order chi connectivity index (χ0) is 12.5. The molecule has 0 radical (unpaired) electrons. The molecular weight excluding hydrogens is 258 g/mol. The van der Waals surface area contributed by atoms with Crippen molar-refractivity contribution in [2.45, 2.75) is 24.3 Å². The molecule has 6 nitrogen and oxygen atoms in total. The second-order valence-electron chi connectivity index (χ2n) is 3.95. The summed E-state index contributed by atoms with van der Waals surface area (Å²) in [4.78, 5) is 5.53. The van der Waals surface area contributed by atoms with E-state index < -0.39 is 10.1 Å². The van der Waals surface area contributed by atoms with Gasteiger partial charge in [0.1, 0.15) is 6.10 Å². The maximum Gasteiger partial charge on any atom is 0.294 e. The molecule has 102 valence electrons. The molecule has 0 aliphatic carbocycles. The van der Waals surface area contributed by atoms with Crippen LogP contribution in [0, 0.1) is 0 Å². The third-order valence-electron chi connectivity index (χ3n) is 2.80. The van der Waals surface area contributed by atoms with Crippen molar-refractivity contribution in [3.63, 3.8) is 0 Å². The number of nitrogens with zero attached hydrogens (tertiary/aromatic N) is 1. The molecule has 0 amide bonds. The molecule has 0 spiro atoms. The van der Waals surface area contributed by atoms with Gasteiger partial charge in [0.25, 0.3) is 10.1 Å². The first-order chi connectivity index (χ1) is 8.00. The van der Waals surface area contributed by atoms with E-state index in [4.69, 9.17) is 9.39 Å². The standard InChI is InChI=1S/C11H15NO4S.H2O/c1-2-12-7-6-11(16-12)9-4-3-5-10(8-9)17(13,14)15;/h3-5,8,11H,2,6-7H2,1H3,(H,13,14,15);1H2. The van der Waals surface area contributed by atoms with E-state index in [0.29, 0.717) is 0 Å². The zero-order valence-electron chi connectivity index (χ0n) is 10.0. The molecule has 0 saturated carbocycles. The predicted octanol–water partition coefficient (Wildman–Crippen LogP) is 0.807. The Morgan fingerprint density at radius 2 is 2.22 bits per heavy atom. The molecule has 1 atom stereocenters. The lowest BCUT2D eigenvalue weighted by atomic mass is 10.1.